The van der Waals surface area contributed by atoms with Crippen LogP contribution in [0.2, 0.25) is 0 Å². The number of hydrogen-bond donors (Lipinski definition) is 1. The van der Waals surface area contributed by atoms with Gasteiger partial charge in [0.15, 0.2) is 0 Å². The Labute approximate surface area is 115 Å². The van der Waals surface area contributed by atoms with Crippen molar-refractivity contribution in [2.75, 3.05) is 32.9 Å². The largest absolute Gasteiger partial charge is 0.492 e. The van der Waals surface area contributed by atoms with Gasteiger partial charge >= 0.3 is 0 Å². The summed E-state index contributed by atoms with van der Waals surface area (Å²) in [6.45, 7) is 7.04. The number of benzene rings is 1. The Hall–Kier alpha value is -1.10. The van der Waals surface area contributed by atoms with Gasteiger partial charge in [0.1, 0.15) is 12.4 Å². The summed E-state index contributed by atoms with van der Waals surface area (Å²) in [4.78, 5) is 2.45. The van der Waals surface area contributed by atoms with Crippen LogP contribution in [-0.2, 0) is 11.3 Å². The van der Waals surface area contributed by atoms with Crippen molar-refractivity contribution in [3.63, 3.8) is 0 Å². The average Bonchev–Trinajstić information content (AvgIpc) is 2.48. The molecule has 1 aliphatic rings. The van der Waals surface area contributed by atoms with E-state index in [0.29, 0.717) is 19.2 Å². The van der Waals surface area contributed by atoms with Crippen LogP contribution in [0.1, 0.15) is 18.9 Å². The predicted molar refractivity (Wildman–Crippen MR) is 76.3 cm³/mol. The van der Waals surface area contributed by atoms with Crippen molar-refractivity contribution in [1.82, 2.24) is 4.90 Å². The molecule has 1 heterocycles. The fraction of sp³-hybridized carbons (Fsp3) is 0.600. The average molecular weight is 264 g/mol. The lowest BCUT2D eigenvalue weighted by Crippen LogP contribution is -2.46. The summed E-state index contributed by atoms with van der Waals surface area (Å²) in [5.41, 5.74) is 6.77. The minimum atomic E-state index is 0.519. The molecule has 2 N–H and O–H groups in total. The first-order chi connectivity index (χ1) is 9.35. The third kappa shape index (κ3) is 3.93. The van der Waals surface area contributed by atoms with Crippen LogP contribution < -0.4 is 10.5 Å². The Morgan fingerprint density at radius 3 is 3.05 bits per heavy atom. The number of nitrogens with two attached hydrogens (primary N) is 1. The van der Waals surface area contributed by atoms with Gasteiger partial charge in [-0.3, -0.25) is 4.90 Å². The van der Waals surface area contributed by atoms with E-state index in [-0.39, 0.29) is 0 Å². The second kappa shape index (κ2) is 7.48. The number of hydrogen-bond acceptors (Lipinski definition) is 4. The molecule has 0 amide bonds. The van der Waals surface area contributed by atoms with Crippen LogP contribution in [0, 0.1) is 0 Å². The van der Waals surface area contributed by atoms with Crippen LogP contribution in [0.5, 0.6) is 5.75 Å². The standard InChI is InChI=1S/C15H24N2O2/c1-2-14-12-18-9-7-17(14)8-10-19-15-6-4-3-5-13(15)11-16/h3-6,14H,2,7-12,16H2,1H3. The summed E-state index contributed by atoms with van der Waals surface area (Å²) >= 11 is 0. The van der Waals surface area contributed by atoms with Crippen LogP contribution in [0.3, 0.4) is 0 Å². The lowest BCUT2D eigenvalue weighted by molar-refractivity contribution is -0.0133. The molecule has 4 heteroatoms. The van der Waals surface area contributed by atoms with Gasteiger partial charge in [-0.25, -0.2) is 0 Å². The highest BCUT2D eigenvalue weighted by molar-refractivity contribution is 5.32. The smallest absolute Gasteiger partial charge is 0.123 e. The summed E-state index contributed by atoms with van der Waals surface area (Å²) in [6, 6.07) is 8.50. The van der Waals surface area contributed by atoms with Crippen molar-refractivity contribution in [2.45, 2.75) is 25.9 Å². The highest BCUT2D eigenvalue weighted by atomic mass is 16.5. The molecule has 19 heavy (non-hydrogen) atoms. The molecule has 0 spiro atoms. The molecule has 1 unspecified atom stereocenters. The molecule has 1 fully saturated rings. The molecule has 0 aliphatic carbocycles. The van der Waals surface area contributed by atoms with E-state index in [2.05, 4.69) is 11.8 Å². The zero-order valence-corrected chi connectivity index (χ0v) is 11.7. The maximum Gasteiger partial charge on any atom is 0.123 e. The molecule has 1 aliphatic heterocycles. The van der Waals surface area contributed by atoms with Gasteiger partial charge < -0.3 is 15.2 Å². The van der Waals surface area contributed by atoms with Gasteiger partial charge in [-0.15, -0.1) is 0 Å². The van der Waals surface area contributed by atoms with Crippen molar-refractivity contribution in [3.05, 3.63) is 29.8 Å². The SMILES string of the molecule is CCC1COCCN1CCOc1ccccc1CN. The molecule has 0 aromatic heterocycles. The highest BCUT2D eigenvalue weighted by Crippen LogP contribution is 2.17. The van der Waals surface area contributed by atoms with E-state index in [1.807, 2.05) is 24.3 Å². The van der Waals surface area contributed by atoms with Gasteiger partial charge in [0.05, 0.1) is 13.2 Å². The highest BCUT2D eigenvalue weighted by Gasteiger charge is 2.20. The fourth-order valence-electron chi connectivity index (χ4n) is 2.45. The molecule has 1 atom stereocenters. The van der Waals surface area contributed by atoms with Crippen LogP contribution in [0.4, 0.5) is 0 Å². The first-order valence-corrected chi connectivity index (χ1v) is 7.07. The minimum absolute atomic E-state index is 0.519. The van der Waals surface area contributed by atoms with Crippen LogP contribution in [0.25, 0.3) is 0 Å². The Bertz CT molecular complexity index is 384. The molecule has 1 saturated heterocycles. The van der Waals surface area contributed by atoms with Crippen LogP contribution in [0.15, 0.2) is 24.3 Å². The maximum absolute atomic E-state index is 5.86. The normalized spacial score (nSPS) is 20.4. The molecule has 2 rings (SSSR count). The van der Waals surface area contributed by atoms with E-state index in [9.17, 15) is 0 Å². The van der Waals surface area contributed by atoms with E-state index < -0.39 is 0 Å². The van der Waals surface area contributed by atoms with E-state index in [0.717, 1.165) is 44.0 Å². The Morgan fingerprint density at radius 2 is 2.26 bits per heavy atom. The molecule has 0 radical (unpaired) electrons. The van der Waals surface area contributed by atoms with Gasteiger partial charge in [-0.05, 0) is 12.5 Å². The van der Waals surface area contributed by atoms with E-state index in [4.69, 9.17) is 15.2 Å². The molecule has 4 nitrogen and oxygen atoms in total. The number of rotatable bonds is 6. The summed E-state index contributed by atoms with van der Waals surface area (Å²) in [6.07, 6.45) is 1.12. The monoisotopic (exact) mass is 264 g/mol. The lowest BCUT2D eigenvalue weighted by atomic mass is 10.2. The van der Waals surface area contributed by atoms with Gasteiger partial charge in [-0.2, -0.15) is 0 Å². The predicted octanol–water partition coefficient (Wildman–Crippen LogP) is 1.63. The fourth-order valence-corrected chi connectivity index (χ4v) is 2.45. The lowest BCUT2D eigenvalue weighted by Gasteiger charge is -2.34. The molecule has 1 aromatic carbocycles. The van der Waals surface area contributed by atoms with Gasteiger partial charge in [0.2, 0.25) is 0 Å². The first kappa shape index (κ1) is 14.3. The number of para-hydroxylation sites is 1. The third-order valence-electron chi connectivity index (χ3n) is 3.65. The van der Waals surface area contributed by atoms with Crippen molar-refractivity contribution in [3.8, 4) is 5.75 Å². The summed E-state index contributed by atoms with van der Waals surface area (Å²) in [5.74, 6) is 0.909. The molecule has 1 aromatic rings. The zero-order valence-electron chi connectivity index (χ0n) is 11.7. The quantitative estimate of drug-likeness (QED) is 0.848. The van der Waals surface area contributed by atoms with E-state index in [1.54, 1.807) is 0 Å². The summed E-state index contributed by atoms with van der Waals surface area (Å²) in [7, 11) is 0. The van der Waals surface area contributed by atoms with E-state index in [1.165, 1.54) is 0 Å². The zero-order chi connectivity index (χ0) is 13.5. The molecule has 0 bridgehead atoms. The number of ether oxygens (including phenoxy) is 2. The van der Waals surface area contributed by atoms with Crippen molar-refractivity contribution in [1.29, 1.82) is 0 Å². The Balaban J connectivity index is 1.82. The van der Waals surface area contributed by atoms with Crippen molar-refractivity contribution in [2.24, 2.45) is 5.73 Å². The Kier molecular flexibility index (Phi) is 5.63. The topological polar surface area (TPSA) is 47.7 Å². The van der Waals surface area contributed by atoms with E-state index >= 15 is 0 Å². The second-order valence-electron chi connectivity index (χ2n) is 4.83. The van der Waals surface area contributed by atoms with Gasteiger partial charge in [0, 0.05) is 31.2 Å². The first-order valence-electron chi connectivity index (χ1n) is 7.07. The minimum Gasteiger partial charge on any atom is -0.492 e. The molecule has 106 valence electrons. The molecule has 0 saturated carbocycles. The molecular weight excluding hydrogens is 240 g/mol. The number of morpholine rings is 1. The van der Waals surface area contributed by atoms with Gasteiger partial charge in [0.25, 0.3) is 0 Å². The van der Waals surface area contributed by atoms with Gasteiger partial charge in [-0.1, -0.05) is 25.1 Å². The second-order valence-corrected chi connectivity index (χ2v) is 4.83. The van der Waals surface area contributed by atoms with Crippen LogP contribution in [-0.4, -0.2) is 43.9 Å². The van der Waals surface area contributed by atoms with Crippen LogP contribution >= 0.6 is 0 Å². The maximum atomic E-state index is 5.86. The summed E-state index contributed by atoms with van der Waals surface area (Å²) in [5, 5.41) is 0. The number of nitrogens with zero attached hydrogens (tertiary/aromatic N) is 1. The Morgan fingerprint density at radius 1 is 1.42 bits per heavy atom. The van der Waals surface area contributed by atoms with Crippen molar-refractivity contribution >= 4 is 0 Å². The van der Waals surface area contributed by atoms with Crippen molar-refractivity contribution < 1.29 is 9.47 Å². The molecular formula is C15H24N2O2. The third-order valence-corrected chi connectivity index (χ3v) is 3.65. The summed E-state index contributed by atoms with van der Waals surface area (Å²) < 4.78 is 11.4.